The Hall–Kier alpha value is -0.730. The number of fused-ring (bicyclic) bond motifs is 1. The van der Waals surface area contributed by atoms with Crippen LogP contribution in [0.4, 0.5) is 5.69 Å². The highest BCUT2D eigenvalue weighted by molar-refractivity contribution is 6.33. The normalized spacial score (nSPS) is 21.0. The predicted molar refractivity (Wildman–Crippen MR) is 49.3 cm³/mol. The number of nitrogens with two attached hydrogens (primary N) is 1. The third-order valence-corrected chi connectivity index (χ3v) is 2.56. The van der Waals surface area contributed by atoms with Gasteiger partial charge in [-0.1, -0.05) is 11.6 Å². The van der Waals surface area contributed by atoms with Crippen LogP contribution in [-0.2, 0) is 12.8 Å². The summed E-state index contributed by atoms with van der Waals surface area (Å²) in [6, 6.07) is 3.70. The fraction of sp³-hybridized carbons (Fsp3) is 0.333. The van der Waals surface area contributed by atoms with E-state index in [0.717, 1.165) is 11.1 Å². The molecule has 2 rings (SSSR count). The average Bonchev–Trinajstić information content (AvgIpc) is 2.30. The molecular weight excluding hydrogens is 174 g/mol. The predicted octanol–water partition coefficient (Wildman–Crippen LogP) is 1.38. The summed E-state index contributed by atoms with van der Waals surface area (Å²) in [6.45, 7) is 0. The molecule has 0 amide bonds. The summed E-state index contributed by atoms with van der Waals surface area (Å²) in [6.07, 6.45) is 1.16. The molecule has 3 N–H and O–H groups in total. The molecule has 1 aromatic rings. The zero-order valence-corrected chi connectivity index (χ0v) is 7.30. The van der Waals surface area contributed by atoms with Crippen LogP contribution in [0.1, 0.15) is 11.1 Å². The van der Waals surface area contributed by atoms with E-state index >= 15 is 0 Å². The molecule has 0 saturated heterocycles. The van der Waals surface area contributed by atoms with E-state index in [1.54, 1.807) is 0 Å². The lowest BCUT2D eigenvalue weighted by Gasteiger charge is -2.01. The quantitative estimate of drug-likeness (QED) is 0.597. The Bertz CT molecular complexity index is 294. The molecule has 0 saturated carbocycles. The van der Waals surface area contributed by atoms with E-state index in [9.17, 15) is 5.11 Å². The van der Waals surface area contributed by atoms with Crippen molar-refractivity contribution in [2.75, 3.05) is 5.73 Å². The van der Waals surface area contributed by atoms with Crippen LogP contribution >= 0.6 is 11.6 Å². The number of aliphatic hydroxyl groups is 1. The van der Waals surface area contributed by atoms with Gasteiger partial charge in [-0.25, -0.2) is 0 Å². The molecule has 0 radical (unpaired) electrons. The van der Waals surface area contributed by atoms with E-state index in [-0.39, 0.29) is 6.10 Å². The monoisotopic (exact) mass is 183 g/mol. The van der Waals surface area contributed by atoms with E-state index in [4.69, 9.17) is 17.3 Å². The van der Waals surface area contributed by atoms with Crippen molar-refractivity contribution in [1.29, 1.82) is 0 Å². The number of anilines is 1. The van der Waals surface area contributed by atoms with Crippen LogP contribution in [0, 0.1) is 0 Å². The summed E-state index contributed by atoms with van der Waals surface area (Å²) in [4.78, 5) is 0. The maximum atomic E-state index is 9.35. The largest absolute Gasteiger partial charge is 0.398 e. The van der Waals surface area contributed by atoms with Crippen molar-refractivity contribution in [2.45, 2.75) is 18.9 Å². The Morgan fingerprint density at radius 3 is 2.58 bits per heavy atom. The Labute approximate surface area is 76.0 Å². The molecule has 0 bridgehead atoms. The summed E-state index contributed by atoms with van der Waals surface area (Å²) < 4.78 is 0. The minimum absolute atomic E-state index is 0.252. The van der Waals surface area contributed by atoms with E-state index in [2.05, 4.69) is 0 Å². The first kappa shape index (κ1) is 7.90. The maximum absolute atomic E-state index is 9.35. The number of hydrogen-bond donors (Lipinski definition) is 2. The molecule has 0 aromatic heterocycles. The van der Waals surface area contributed by atoms with Gasteiger partial charge in [0.1, 0.15) is 0 Å². The van der Waals surface area contributed by atoms with E-state index in [0.29, 0.717) is 23.6 Å². The lowest BCUT2D eigenvalue weighted by atomic mass is 10.1. The van der Waals surface area contributed by atoms with Crippen LogP contribution in [0.15, 0.2) is 12.1 Å². The molecule has 0 heterocycles. The molecule has 12 heavy (non-hydrogen) atoms. The highest BCUT2D eigenvalue weighted by Crippen LogP contribution is 2.29. The Morgan fingerprint density at radius 1 is 1.33 bits per heavy atom. The van der Waals surface area contributed by atoms with Crippen molar-refractivity contribution >= 4 is 17.3 Å². The number of benzene rings is 1. The first-order chi connectivity index (χ1) is 5.66. The van der Waals surface area contributed by atoms with Gasteiger partial charge in [-0.05, 0) is 36.1 Å². The van der Waals surface area contributed by atoms with Gasteiger partial charge < -0.3 is 10.8 Å². The summed E-state index contributed by atoms with van der Waals surface area (Å²) in [5.41, 5.74) is 8.48. The van der Waals surface area contributed by atoms with Crippen molar-refractivity contribution in [3.05, 3.63) is 28.3 Å². The summed E-state index contributed by atoms with van der Waals surface area (Å²) in [5.74, 6) is 0. The van der Waals surface area contributed by atoms with Crippen LogP contribution in [0.2, 0.25) is 5.02 Å². The van der Waals surface area contributed by atoms with Gasteiger partial charge in [-0.2, -0.15) is 0 Å². The van der Waals surface area contributed by atoms with Gasteiger partial charge in [-0.15, -0.1) is 0 Å². The van der Waals surface area contributed by atoms with Crippen LogP contribution in [-0.4, -0.2) is 11.2 Å². The average molecular weight is 184 g/mol. The van der Waals surface area contributed by atoms with E-state index in [1.807, 2.05) is 12.1 Å². The van der Waals surface area contributed by atoms with Crippen LogP contribution in [0.25, 0.3) is 0 Å². The summed E-state index contributed by atoms with van der Waals surface area (Å²) >= 11 is 5.83. The van der Waals surface area contributed by atoms with Crippen molar-refractivity contribution in [2.24, 2.45) is 0 Å². The minimum Gasteiger partial charge on any atom is -0.398 e. The first-order valence-electron chi connectivity index (χ1n) is 3.91. The molecule has 1 unspecified atom stereocenters. The van der Waals surface area contributed by atoms with Gasteiger partial charge in [0.05, 0.1) is 16.8 Å². The Morgan fingerprint density at radius 2 is 1.92 bits per heavy atom. The topological polar surface area (TPSA) is 46.2 Å². The SMILES string of the molecule is Nc1cc2c(cc1Cl)CC(O)C2. The molecule has 1 atom stereocenters. The third-order valence-electron chi connectivity index (χ3n) is 2.23. The maximum Gasteiger partial charge on any atom is 0.0638 e. The van der Waals surface area contributed by atoms with Crippen molar-refractivity contribution in [1.82, 2.24) is 0 Å². The van der Waals surface area contributed by atoms with Crippen molar-refractivity contribution < 1.29 is 5.11 Å². The molecule has 1 aliphatic rings. The highest BCUT2D eigenvalue weighted by Gasteiger charge is 2.19. The van der Waals surface area contributed by atoms with Gasteiger partial charge in [0.25, 0.3) is 0 Å². The van der Waals surface area contributed by atoms with Gasteiger partial charge in [0.15, 0.2) is 0 Å². The van der Waals surface area contributed by atoms with Gasteiger partial charge in [-0.3, -0.25) is 0 Å². The number of halogens is 1. The third kappa shape index (κ3) is 1.17. The second kappa shape index (κ2) is 2.64. The van der Waals surface area contributed by atoms with Crippen LogP contribution in [0.3, 0.4) is 0 Å². The fourth-order valence-corrected chi connectivity index (χ4v) is 1.82. The number of aliphatic hydroxyl groups excluding tert-OH is 1. The Balaban J connectivity index is 2.48. The minimum atomic E-state index is -0.252. The van der Waals surface area contributed by atoms with Crippen LogP contribution in [0.5, 0.6) is 0 Å². The van der Waals surface area contributed by atoms with E-state index < -0.39 is 0 Å². The Kier molecular flexibility index (Phi) is 1.74. The molecule has 1 aromatic carbocycles. The summed E-state index contributed by atoms with van der Waals surface area (Å²) in [7, 11) is 0. The molecule has 1 aliphatic carbocycles. The lowest BCUT2D eigenvalue weighted by molar-refractivity contribution is 0.187. The molecule has 3 heteroatoms. The van der Waals surface area contributed by atoms with Crippen molar-refractivity contribution in [3.8, 4) is 0 Å². The molecule has 2 nitrogen and oxygen atoms in total. The number of nitrogen functional groups attached to an aromatic ring is 1. The number of hydrogen-bond acceptors (Lipinski definition) is 2. The molecule has 64 valence electrons. The molecule has 0 fully saturated rings. The number of rotatable bonds is 0. The standard InChI is InChI=1S/C9H10ClNO/c10-8-3-5-1-7(12)2-6(5)4-9(8)11/h3-4,7,12H,1-2,11H2. The highest BCUT2D eigenvalue weighted by atomic mass is 35.5. The molecule has 0 spiro atoms. The smallest absolute Gasteiger partial charge is 0.0638 e. The first-order valence-corrected chi connectivity index (χ1v) is 4.29. The van der Waals surface area contributed by atoms with E-state index in [1.165, 1.54) is 0 Å². The fourth-order valence-electron chi connectivity index (χ4n) is 1.64. The molecular formula is C9H10ClNO. The van der Waals surface area contributed by atoms with Gasteiger partial charge in [0.2, 0.25) is 0 Å². The second-order valence-electron chi connectivity index (χ2n) is 3.20. The zero-order valence-electron chi connectivity index (χ0n) is 6.55. The molecule has 0 aliphatic heterocycles. The lowest BCUT2D eigenvalue weighted by Crippen LogP contribution is -2.03. The van der Waals surface area contributed by atoms with Gasteiger partial charge >= 0.3 is 0 Å². The second-order valence-corrected chi connectivity index (χ2v) is 3.61. The van der Waals surface area contributed by atoms with Crippen molar-refractivity contribution in [3.63, 3.8) is 0 Å². The van der Waals surface area contributed by atoms with Gasteiger partial charge in [0, 0.05) is 0 Å². The van der Waals surface area contributed by atoms with Crippen LogP contribution < -0.4 is 5.73 Å². The summed E-state index contributed by atoms with van der Waals surface area (Å²) in [5, 5.41) is 9.93. The zero-order chi connectivity index (χ0) is 8.72.